The highest BCUT2D eigenvalue weighted by Crippen LogP contribution is 2.27. The third-order valence-corrected chi connectivity index (χ3v) is 3.32. The average molecular weight is 296 g/mol. The van der Waals surface area contributed by atoms with E-state index in [9.17, 15) is 9.59 Å². The maximum Gasteiger partial charge on any atom is 0.315 e. The molecule has 1 saturated carbocycles. The van der Waals surface area contributed by atoms with Gasteiger partial charge in [0.2, 0.25) is 5.91 Å². The van der Waals surface area contributed by atoms with Crippen LogP contribution in [0.2, 0.25) is 5.02 Å². The van der Waals surface area contributed by atoms with Crippen LogP contribution in [-0.4, -0.2) is 24.5 Å². The molecular formula is C14H18ClN3O2. The largest absolute Gasteiger partial charge is 0.335 e. The first-order valence-electron chi connectivity index (χ1n) is 6.56. The summed E-state index contributed by atoms with van der Waals surface area (Å²) in [5.41, 5.74) is 2.52. The van der Waals surface area contributed by atoms with Gasteiger partial charge in [0.15, 0.2) is 0 Å². The Balaban J connectivity index is 1.86. The SMILES string of the molecule is Cc1cc(C)c(NC(=O)CNC(=O)NC2CC2)c(Cl)c1. The predicted molar refractivity (Wildman–Crippen MR) is 79.1 cm³/mol. The van der Waals surface area contributed by atoms with E-state index < -0.39 is 0 Å². The topological polar surface area (TPSA) is 70.2 Å². The van der Waals surface area contributed by atoms with Gasteiger partial charge >= 0.3 is 6.03 Å². The molecule has 0 bridgehead atoms. The standard InChI is InChI=1S/C14H18ClN3O2/c1-8-5-9(2)13(11(15)6-8)18-12(19)7-16-14(20)17-10-3-4-10/h5-6,10H,3-4,7H2,1-2H3,(H,18,19)(H2,16,17,20). The van der Waals surface area contributed by atoms with E-state index in [2.05, 4.69) is 16.0 Å². The maximum absolute atomic E-state index is 11.8. The van der Waals surface area contributed by atoms with Crippen molar-refractivity contribution in [3.05, 3.63) is 28.3 Å². The van der Waals surface area contributed by atoms with Gasteiger partial charge in [0, 0.05) is 6.04 Å². The Labute approximate surface area is 123 Å². The van der Waals surface area contributed by atoms with Crippen LogP contribution in [0.1, 0.15) is 24.0 Å². The van der Waals surface area contributed by atoms with Crippen LogP contribution in [0.25, 0.3) is 0 Å². The highest BCUT2D eigenvalue weighted by atomic mass is 35.5. The summed E-state index contributed by atoms with van der Waals surface area (Å²) >= 11 is 6.10. The summed E-state index contributed by atoms with van der Waals surface area (Å²) in [5.74, 6) is -0.301. The summed E-state index contributed by atoms with van der Waals surface area (Å²) in [4.78, 5) is 23.2. The fourth-order valence-electron chi connectivity index (χ4n) is 1.88. The van der Waals surface area contributed by atoms with Crippen LogP contribution in [0.5, 0.6) is 0 Å². The van der Waals surface area contributed by atoms with E-state index >= 15 is 0 Å². The van der Waals surface area contributed by atoms with Gasteiger partial charge in [0.25, 0.3) is 0 Å². The van der Waals surface area contributed by atoms with E-state index in [4.69, 9.17) is 11.6 Å². The maximum atomic E-state index is 11.8. The first kappa shape index (κ1) is 14.7. The van der Waals surface area contributed by atoms with E-state index in [1.807, 2.05) is 19.9 Å². The lowest BCUT2D eigenvalue weighted by Crippen LogP contribution is -2.40. The van der Waals surface area contributed by atoms with Crippen molar-refractivity contribution < 1.29 is 9.59 Å². The zero-order valence-electron chi connectivity index (χ0n) is 11.5. The van der Waals surface area contributed by atoms with E-state index in [0.29, 0.717) is 10.7 Å². The molecule has 1 aliphatic carbocycles. The van der Waals surface area contributed by atoms with Crippen LogP contribution in [-0.2, 0) is 4.79 Å². The molecule has 0 heterocycles. The molecule has 1 fully saturated rings. The van der Waals surface area contributed by atoms with Crippen LogP contribution < -0.4 is 16.0 Å². The Kier molecular flexibility index (Phi) is 4.49. The number of amides is 3. The van der Waals surface area contributed by atoms with Crippen molar-refractivity contribution in [2.24, 2.45) is 0 Å². The Morgan fingerprint density at radius 3 is 2.60 bits per heavy atom. The van der Waals surface area contributed by atoms with Gasteiger partial charge in [-0.1, -0.05) is 17.7 Å². The molecule has 0 unspecified atom stereocenters. The van der Waals surface area contributed by atoms with Gasteiger partial charge in [0.05, 0.1) is 17.3 Å². The van der Waals surface area contributed by atoms with Crippen LogP contribution >= 0.6 is 11.6 Å². The fourth-order valence-corrected chi connectivity index (χ4v) is 2.25. The van der Waals surface area contributed by atoms with E-state index in [1.165, 1.54) is 0 Å². The number of urea groups is 1. The number of benzene rings is 1. The molecule has 0 atom stereocenters. The average Bonchev–Trinajstić information content (AvgIpc) is 3.15. The minimum atomic E-state index is -0.311. The Morgan fingerprint density at radius 2 is 2.00 bits per heavy atom. The molecule has 0 aliphatic heterocycles. The Hall–Kier alpha value is -1.75. The number of carbonyl (C=O) groups is 2. The molecule has 1 aliphatic rings. The van der Waals surface area contributed by atoms with E-state index in [-0.39, 0.29) is 24.5 Å². The molecule has 1 aromatic rings. The van der Waals surface area contributed by atoms with Crippen LogP contribution in [0.4, 0.5) is 10.5 Å². The quantitative estimate of drug-likeness (QED) is 0.798. The number of aryl methyl sites for hydroxylation is 2. The van der Waals surface area contributed by atoms with Gasteiger partial charge in [0.1, 0.15) is 0 Å². The minimum absolute atomic E-state index is 0.0812. The predicted octanol–water partition coefficient (Wildman–Crippen LogP) is 2.36. The molecule has 0 saturated heterocycles. The molecule has 6 heteroatoms. The number of hydrogen-bond acceptors (Lipinski definition) is 2. The monoisotopic (exact) mass is 295 g/mol. The molecule has 3 amide bonds. The van der Waals surface area contributed by atoms with Crippen molar-refractivity contribution in [3.63, 3.8) is 0 Å². The summed E-state index contributed by atoms with van der Waals surface area (Å²) in [6.45, 7) is 3.73. The van der Waals surface area contributed by atoms with Gasteiger partial charge in [-0.25, -0.2) is 4.79 Å². The Bertz CT molecular complexity index is 518. The van der Waals surface area contributed by atoms with Gasteiger partial charge in [-0.15, -0.1) is 0 Å². The number of nitrogens with one attached hydrogen (secondary N) is 3. The summed E-state index contributed by atoms with van der Waals surface area (Å²) < 4.78 is 0. The van der Waals surface area contributed by atoms with E-state index in [0.717, 1.165) is 24.0 Å². The number of halogens is 1. The molecule has 0 aromatic heterocycles. The molecule has 5 nitrogen and oxygen atoms in total. The minimum Gasteiger partial charge on any atom is -0.335 e. The number of anilines is 1. The van der Waals surface area contributed by atoms with Gasteiger partial charge in [-0.3, -0.25) is 4.79 Å². The van der Waals surface area contributed by atoms with Crippen molar-refractivity contribution in [2.45, 2.75) is 32.7 Å². The van der Waals surface area contributed by atoms with Gasteiger partial charge in [-0.05, 0) is 43.9 Å². The highest BCUT2D eigenvalue weighted by Gasteiger charge is 2.23. The molecule has 108 valence electrons. The second-order valence-corrected chi connectivity index (χ2v) is 5.50. The lowest BCUT2D eigenvalue weighted by atomic mass is 10.1. The highest BCUT2D eigenvalue weighted by molar-refractivity contribution is 6.34. The number of rotatable bonds is 4. The first-order chi connectivity index (χ1) is 9.45. The number of carbonyl (C=O) groups excluding carboxylic acids is 2. The Morgan fingerprint density at radius 1 is 1.30 bits per heavy atom. The lowest BCUT2D eigenvalue weighted by Gasteiger charge is -2.12. The molecular weight excluding hydrogens is 278 g/mol. The summed E-state index contributed by atoms with van der Waals surface area (Å²) in [6, 6.07) is 3.69. The smallest absolute Gasteiger partial charge is 0.315 e. The zero-order valence-corrected chi connectivity index (χ0v) is 12.3. The molecule has 3 N–H and O–H groups in total. The molecule has 2 rings (SSSR count). The van der Waals surface area contributed by atoms with Crippen molar-refractivity contribution >= 4 is 29.2 Å². The first-order valence-corrected chi connectivity index (χ1v) is 6.94. The summed E-state index contributed by atoms with van der Waals surface area (Å²) in [7, 11) is 0. The van der Waals surface area contributed by atoms with Crippen LogP contribution in [0.3, 0.4) is 0 Å². The van der Waals surface area contributed by atoms with Gasteiger partial charge in [-0.2, -0.15) is 0 Å². The van der Waals surface area contributed by atoms with Gasteiger partial charge < -0.3 is 16.0 Å². The lowest BCUT2D eigenvalue weighted by molar-refractivity contribution is -0.115. The van der Waals surface area contributed by atoms with Crippen molar-refractivity contribution in [1.29, 1.82) is 0 Å². The van der Waals surface area contributed by atoms with Crippen molar-refractivity contribution in [2.75, 3.05) is 11.9 Å². The molecule has 0 spiro atoms. The normalized spacial score (nSPS) is 13.8. The molecule has 20 heavy (non-hydrogen) atoms. The summed E-state index contributed by atoms with van der Waals surface area (Å²) in [5, 5.41) is 8.48. The van der Waals surface area contributed by atoms with Crippen LogP contribution in [0.15, 0.2) is 12.1 Å². The fraction of sp³-hybridized carbons (Fsp3) is 0.429. The second-order valence-electron chi connectivity index (χ2n) is 5.09. The van der Waals surface area contributed by atoms with Crippen LogP contribution in [0, 0.1) is 13.8 Å². The third kappa shape index (κ3) is 4.13. The zero-order chi connectivity index (χ0) is 14.7. The number of hydrogen-bond donors (Lipinski definition) is 3. The summed E-state index contributed by atoms with van der Waals surface area (Å²) in [6.07, 6.45) is 2.02. The second kappa shape index (κ2) is 6.13. The third-order valence-electron chi connectivity index (χ3n) is 3.02. The van der Waals surface area contributed by atoms with Crippen molar-refractivity contribution in [3.8, 4) is 0 Å². The molecule has 1 aromatic carbocycles. The van der Waals surface area contributed by atoms with E-state index in [1.54, 1.807) is 6.07 Å². The molecule has 0 radical (unpaired) electrons. The van der Waals surface area contributed by atoms with Crippen molar-refractivity contribution in [1.82, 2.24) is 10.6 Å².